The molecule has 0 aliphatic rings. The van der Waals surface area contributed by atoms with Crippen LogP contribution in [0, 0.1) is 11.6 Å². The van der Waals surface area contributed by atoms with Gasteiger partial charge in [0.2, 0.25) is 5.69 Å². The number of hydrogen-bond donors (Lipinski definition) is 1. The Morgan fingerprint density at radius 3 is 2.59 bits per heavy atom. The average molecular weight is 464 g/mol. The van der Waals surface area contributed by atoms with E-state index in [1.807, 2.05) is 0 Å². The Morgan fingerprint density at radius 2 is 1.91 bits per heavy atom. The molecule has 8 nitrogen and oxygen atoms in total. The molecule has 0 bridgehead atoms. The molecule has 0 saturated heterocycles. The Kier molecular flexibility index (Phi) is 7.16. The molecule has 1 amide bonds. The van der Waals surface area contributed by atoms with Gasteiger partial charge in [-0.3, -0.25) is 9.59 Å². The van der Waals surface area contributed by atoms with Crippen LogP contribution in [-0.4, -0.2) is 34.9 Å². The lowest BCUT2D eigenvalue weighted by atomic mass is 10.3. The predicted octanol–water partition coefficient (Wildman–Crippen LogP) is 3.36. The summed E-state index contributed by atoms with van der Waals surface area (Å²) in [6.45, 7) is 0.906. The Bertz CT molecular complexity index is 1230. The van der Waals surface area contributed by atoms with Crippen LogP contribution in [-0.2, 0) is 9.53 Å². The molecule has 2 aromatic carbocycles. The smallest absolute Gasteiger partial charge is 0.362 e. The van der Waals surface area contributed by atoms with Crippen molar-refractivity contribution in [2.24, 2.45) is 0 Å². The van der Waals surface area contributed by atoms with E-state index in [0.29, 0.717) is 6.07 Å². The molecule has 1 heterocycles. The van der Waals surface area contributed by atoms with Crippen LogP contribution in [0.25, 0.3) is 5.69 Å². The largest absolute Gasteiger partial charge is 0.481 e. The van der Waals surface area contributed by atoms with E-state index < -0.39 is 35.7 Å². The van der Waals surface area contributed by atoms with E-state index in [9.17, 15) is 23.2 Å². The lowest BCUT2D eigenvalue weighted by Gasteiger charge is -2.13. The molecule has 0 aliphatic carbocycles. The number of ether oxygens (including phenoxy) is 2. The fraction of sp³-hybridized carbons (Fsp3) is 0.143. The summed E-state index contributed by atoms with van der Waals surface area (Å²) in [6, 6.07) is 9.92. The first kappa shape index (κ1) is 22.9. The van der Waals surface area contributed by atoms with Crippen LogP contribution >= 0.6 is 11.6 Å². The number of para-hydroxylation sites is 1. The molecule has 0 saturated carbocycles. The van der Waals surface area contributed by atoms with Gasteiger partial charge in [-0.05, 0) is 31.2 Å². The molecule has 166 valence electrons. The molecule has 3 rings (SSSR count). The second-order valence-electron chi connectivity index (χ2n) is 6.24. The molecule has 0 spiro atoms. The molecular formula is C21H16ClF2N3O5. The van der Waals surface area contributed by atoms with Crippen LogP contribution < -0.4 is 15.6 Å². The highest BCUT2D eigenvalue weighted by Crippen LogP contribution is 2.21. The highest BCUT2D eigenvalue weighted by atomic mass is 35.5. The number of halogens is 3. The summed E-state index contributed by atoms with van der Waals surface area (Å²) >= 11 is 6.11. The monoisotopic (exact) mass is 463 g/mol. The zero-order valence-electron chi connectivity index (χ0n) is 16.6. The fourth-order valence-electron chi connectivity index (χ4n) is 2.61. The third kappa shape index (κ3) is 5.27. The molecule has 0 radical (unpaired) electrons. The van der Waals surface area contributed by atoms with Crippen molar-refractivity contribution in [2.75, 3.05) is 18.5 Å². The van der Waals surface area contributed by atoms with Crippen LogP contribution in [0.3, 0.4) is 0 Å². The molecule has 0 fully saturated rings. The minimum atomic E-state index is -0.977. The maximum absolute atomic E-state index is 13.7. The van der Waals surface area contributed by atoms with Crippen molar-refractivity contribution in [3.05, 3.63) is 81.2 Å². The number of anilines is 1. The van der Waals surface area contributed by atoms with Gasteiger partial charge < -0.3 is 14.8 Å². The summed E-state index contributed by atoms with van der Waals surface area (Å²) in [5.41, 5.74) is -1.10. The number of amides is 1. The van der Waals surface area contributed by atoms with Gasteiger partial charge in [-0.2, -0.15) is 9.78 Å². The van der Waals surface area contributed by atoms with Crippen molar-refractivity contribution in [1.82, 2.24) is 9.78 Å². The Labute approximate surface area is 185 Å². The number of nitrogens with zero attached hydrogens (tertiary/aromatic N) is 2. The van der Waals surface area contributed by atoms with Crippen LogP contribution in [0.4, 0.5) is 14.5 Å². The van der Waals surface area contributed by atoms with Gasteiger partial charge in [0.25, 0.3) is 11.5 Å². The van der Waals surface area contributed by atoms with E-state index in [-0.39, 0.29) is 34.4 Å². The Hall–Kier alpha value is -3.79. The van der Waals surface area contributed by atoms with E-state index in [1.54, 1.807) is 25.1 Å². The third-order valence-corrected chi connectivity index (χ3v) is 4.33. The molecule has 11 heteroatoms. The number of hydrogen-bond acceptors (Lipinski definition) is 6. The molecule has 0 atom stereocenters. The van der Waals surface area contributed by atoms with Crippen molar-refractivity contribution in [3.8, 4) is 11.4 Å². The van der Waals surface area contributed by atoms with Gasteiger partial charge in [-0.15, -0.1) is 0 Å². The molecule has 1 aromatic heterocycles. The van der Waals surface area contributed by atoms with Crippen molar-refractivity contribution < 1.29 is 27.8 Å². The summed E-state index contributed by atoms with van der Waals surface area (Å²) in [5, 5.41) is 6.41. The first-order valence-corrected chi connectivity index (χ1v) is 9.62. The number of carbonyl (C=O) groups is 2. The molecular weight excluding hydrogens is 448 g/mol. The first-order valence-electron chi connectivity index (χ1n) is 9.24. The van der Waals surface area contributed by atoms with Crippen LogP contribution in [0.15, 0.2) is 53.3 Å². The Balaban J connectivity index is 1.87. The highest BCUT2D eigenvalue weighted by Gasteiger charge is 2.21. The standard InChI is InChI=1S/C21H16ClF2N3O5/c1-2-31-21(30)20-17(10-19(29)27(26-20)16-6-4-3-5-13(16)22)32-11-18(28)25-15-8-7-12(23)9-14(15)24/h3-10H,2,11H2,1H3,(H,25,28). The molecule has 1 N–H and O–H groups in total. The van der Waals surface area contributed by atoms with Crippen molar-refractivity contribution in [2.45, 2.75) is 6.92 Å². The second-order valence-corrected chi connectivity index (χ2v) is 6.65. The lowest BCUT2D eigenvalue weighted by molar-refractivity contribution is -0.118. The van der Waals surface area contributed by atoms with Gasteiger partial charge in [0.05, 0.1) is 29.1 Å². The first-order chi connectivity index (χ1) is 15.3. The molecule has 3 aromatic rings. The minimum Gasteiger partial charge on any atom is -0.481 e. The van der Waals surface area contributed by atoms with Crippen molar-refractivity contribution in [1.29, 1.82) is 0 Å². The molecule has 32 heavy (non-hydrogen) atoms. The minimum absolute atomic E-state index is 0.0233. The van der Waals surface area contributed by atoms with E-state index in [4.69, 9.17) is 21.1 Å². The fourth-order valence-corrected chi connectivity index (χ4v) is 2.82. The van der Waals surface area contributed by atoms with Gasteiger partial charge in [0.15, 0.2) is 12.4 Å². The summed E-state index contributed by atoms with van der Waals surface area (Å²) in [7, 11) is 0. The number of benzene rings is 2. The maximum Gasteiger partial charge on any atom is 0.362 e. The molecule has 0 aliphatic heterocycles. The number of rotatable bonds is 7. The van der Waals surface area contributed by atoms with Gasteiger partial charge in [-0.1, -0.05) is 23.7 Å². The average Bonchev–Trinajstić information content (AvgIpc) is 2.75. The summed E-state index contributed by atoms with van der Waals surface area (Å²) < 4.78 is 37.8. The summed E-state index contributed by atoms with van der Waals surface area (Å²) in [5.74, 6) is -3.81. The van der Waals surface area contributed by atoms with E-state index in [1.165, 1.54) is 6.07 Å². The number of esters is 1. The highest BCUT2D eigenvalue weighted by molar-refractivity contribution is 6.32. The summed E-state index contributed by atoms with van der Waals surface area (Å²) in [6.07, 6.45) is 0. The van der Waals surface area contributed by atoms with Crippen LogP contribution in [0.1, 0.15) is 17.4 Å². The predicted molar refractivity (Wildman–Crippen MR) is 111 cm³/mol. The zero-order valence-corrected chi connectivity index (χ0v) is 17.4. The van der Waals surface area contributed by atoms with Crippen molar-refractivity contribution in [3.63, 3.8) is 0 Å². The van der Waals surface area contributed by atoms with Crippen LogP contribution in [0.5, 0.6) is 5.75 Å². The van der Waals surface area contributed by atoms with E-state index >= 15 is 0 Å². The zero-order chi connectivity index (χ0) is 23.3. The van der Waals surface area contributed by atoms with Crippen LogP contribution in [0.2, 0.25) is 5.02 Å². The topological polar surface area (TPSA) is 99.5 Å². The van der Waals surface area contributed by atoms with Gasteiger partial charge in [-0.25, -0.2) is 13.6 Å². The third-order valence-electron chi connectivity index (χ3n) is 4.01. The van der Waals surface area contributed by atoms with Gasteiger partial charge in [0, 0.05) is 6.07 Å². The normalized spacial score (nSPS) is 10.5. The van der Waals surface area contributed by atoms with E-state index in [0.717, 1.165) is 22.9 Å². The molecule has 0 unspecified atom stereocenters. The lowest BCUT2D eigenvalue weighted by Crippen LogP contribution is -2.27. The Morgan fingerprint density at radius 1 is 1.16 bits per heavy atom. The van der Waals surface area contributed by atoms with Crippen molar-refractivity contribution >= 4 is 29.2 Å². The van der Waals surface area contributed by atoms with Gasteiger partial charge in [0.1, 0.15) is 11.6 Å². The number of nitrogens with one attached hydrogen (secondary N) is 1. The van der Waals surface area contributed by atoms with E-state index in [2.05, 4.69) is 10.4 Å². The quantitative estimate of drug-likeness (QED) is 0.539. The number of aromatic nitrogens is 2. The number of carbonyl (C=O) groups excluding carboxylic acids is 2. The maximum atomic E-state index is 13.7. The SMILES string of the molecule is CCOC(=O)c1nn(-c2ccccc2Cl)c(=O)cc1OCC(=O)Nc1ccc(F)cc1F. The van der Waals surface area contributed by atoms with Gasteiger partial charge >= 0.3 is 5.97 Å². The second kappa shape index (κ2) is 10.0. The summed E-state index contributed by atoms with van der Waals surface area (Å²) in [4.78, 5) is 37.0.